The van der Waals surface area contributed by atoms with Crippen molar-refractivity contribution >= 4 is 23.2 Å². The fourth-order valence-electron chi connectivity index (χ4n) is 2.33. The van der Waals surface area contributed by atoms with Gasteiger partial charge in [0, 0.05) is 37.4 Å². The normalized spacial score (nSPS) is 16.4. The number of thiophene rings is 1. The lowest BCUT2D eigenvalue weighted by Crippen LogP contribution is -2.46. The molecular weight excluding hydrogens is 260 g/mol. The van der Waals surface area contributed by atoms with Crippen molar-refractivity contribution in [3.05, 3.63) is 22.4 Å². The zero-order chi connectivity index (χ0) is 13.7. The molecule has 104 valence electrons. The molecule has 0 atom stereocenters. The summed E-state index contributed by atoms with van der Waals surface area (Å²) >= 11 is 1.69. The Bertz CT molecular complexity index is 423. The van der Waals surface area contributed by atoms with Gasteiger partial charge in [-0.05, 0) is 30.7 Å². The summed E-state index contributed by atoms with van der Waals surface area (Å²) in [6.07, 6.45) is 3.10. The van der Waals surface area contributed by atoms with Crippen LogP contribution in [0.15, 0.2) is 17.5 Å². The quantitative estimate of drug-likeness (QED) is 0.914. The molecule has 0 aromatic carbocycles. The number of hydrogen-bond acceptors (Lipinski definition) is 3. The highest BCUT2D eigenvalue weighted by Crippen LogP contribution is 2.13. The standard InChI is InChI=1S/C14H20N2O2S/c1-11(17)16-8-6-12(7-9-16)15-14(18)5-4-13-3-2-10-19-13/h2-3,10,12H,4-9H2,1H3,(H,15,18). The van der Waals surface area contributed by atoms with Crippen molar-refractivity contribution < 1.29 is 9.59 Å². The molecular formula is C14H20N2O2S. The monoisotopic (exact) mass is 280 g/mol. The predicted molar refractivity (Wildman–Crippen MR) is 76.1 cm³/mol. The first-order chi connectivity index (χ1) is 9.15. The van der Waals surface area contributed by atoms with Crippen LogP contribution in [-0.4, -0.2) is 35.8 Å². The zero-order valence-corrected chi connectivity index (χ0v) is 12.0. The van der Waals surface area contributed by atoms with E-state index in [-0.39, 0.29) is 17.9 Å². The van der Waals surface area contributed by atoms with Crippen LogP contribution in [0.1, 0.15) is 31.1 Å². The smallest absolute Gasteiger partial charge is 0.220 e. The molecule has 19 heavy (non-hydrogen) atoms. The van der Waals surface area contributed by atoms with E-state index in [2.05, 4.69) is 11.4 Å². The summed E-state index contributed by atoms with van der Waals surface area (Å²) < 4.78 is 0. The van der Waals surface area contributed by atoms with E-state index in [0.29, 0.717) is 6.42 Å². The van der Waals surface area contributed by atoms with Gasteiger partial charge in [-0.2, -0.15) is 0 Å². The van der Waals surface area contributed by atoms with Gasteiger partial charge in [0.1, 0.15) is 0 Å². The first-order valence-electron chi connectivity index (χ1n) is 6.72. The fraction of sp³-hybridized carbons (Fsp3) is 0.571. The van der Waals surface area contributed by atoms with Crippen molar-refractivity contribution in [2.75, 3.05) is 13.1 Å². The van der Waals surface area contributed by atoms with Crippen molar-refractivity contribution in [2.24, 2.45) is 0 Å². The van der Waals surface area contributed by atoms with Crippen molar-refractivity contribution in [1.29, 1.82) is 0 Å². The van der Waals surface area contributed by atoms with Crippen LogP contribution in [0.3, 0.4) is 0 Å². The molecule has 0 saturated carbocycles. The third-order valence-corrected chi connectivity index (χ3v) is 4.42. The highest BCUT2D eigenvalue weighted by atomic mass is 32.1. The second-order valence-corrected chi connectivity index (χ2v) is 5.96. The van der Waals surface area contributed by atoms with Crippen LogP contribution in [0.25, 0.3) is 0 Å². The van der Waals surface area contributed by atoms with Crippen molar-refractivity contribution in [2.45, 2.75) is 38.6 Å². The van der Waals surface area contributed by atoms with Gasteiger partial charge in [-0.15, -0.1) is 11.3 Å². The number of nitrogens with zero attached hydrogens (tertiary/aromatic N) is 1. The molecule has 2 rings (SSSR count). The van der Waals surface area contributed by atoms with Gasteiger partial charge in [0.25, 0.3) is 0 Å². The van der Waals surface area contributed by atoms with E-state index in [9.17, 15) is 9.59 Å². The number of rotatable bonds is 4. The SMILES string of the molecule is CC(=O)N1CCC(NC(=O)CCc2cccs2)CC1. The minimum Gasteiger partial charge on any atom is -0.353 e. The molecule has 1 aromatic rings. The summed E-state index contributed by atoms with van der Waals surface area (Å²) in [6.45, 7) is 3.11. The topological polar surface area (TPSA) is 49.4 Å². The number of likely N-dealkylation sites (tertiary alicyclic amines) is 1. The lowest BCUT2D eigenvalue weighted by molar-refractivity contribution is -0.130. The molecule has 5 heteroatoms. The lowest BCUT2D eigenvalue weighted by Gasteiger charge is -2.31. The minimum atomic E-state index is 0.120. The molecule has 0 unspecified atom stereocenters. The lowest BCUT2D eigenvalue weighted by atomic mass is 10.0. The minimum absolute atomic E-state index is 0.120. The van der Waals surface area contributed by atoms with Gasteiger partial charge in [-0.1, -0.05) is 6.07 Å². The van der Waals surface area contributed by atoms with Crippen LogP contribution in [0.4, 0.5) is 0 Å². The van der Waals surface area contributed by atoms with E-state index in [1.165, 1.54) is 4.88 Å². The number of aryl methyl sites for hydroxylation is 1. The maximum atomic E-state index is 11.8. The molecule has 0 radical (unpaired) electrons. The van der Waals surface area contributed by atoms with Crippen LogP contribution in [0, 0.1) is 0 Å². The van der Waals surface area contributed by atoms with Gasteiger partial charge in [0.15, 0.2) is 0 Å². The first-order valence-corrected chi connectivity index (χ1v) is 7.60. The molecule has 0 aliphatic carbocycles. The van der Waals surface area contributed by atoms with E-state index in [1.807, 2.05) is 16.3 Å². The molecule has 1 aromatic heterocycles. The Kier molecular flexibility index (Phi) is 4.96. The Hall–Kier alpha value is -1.36. The van der Waals surface area contributed by atoms with Crippen molar-refractivity contribution in [3.8, 4) is 0 Å². The molecule has 1 N–H and O–H groups in total. The number of carbonyl (C=O) groups is 2. The second-order valence-electron chi connectivity index (χ2n) is 4.93. The number of carbonyl (C=O) groups excluding carboxylic acids is 2. The van der Waals surface area contributed by atoms with Gasteiger partial charge in [0.05, 0.1) is 0 Å². The summed E-state index contributed by atoms with van der Waals surface area (Å²) in [5, 5.41) is 5.10. The number of nitrogens with one attached hydrogen (secondary N) is 1. The highest BCUT2D eigenvalue weighted by Gasteiger charge is 2.21. The molecule has 2 heterocycles. The van der Waals surface area contributed by atoms with Gasteiger partial charge < -0.3 is 10.2 Å². The summed E-state index contributed by atoms with van der Waals surface area (Å²) in [5.41, 5.74) is 0. The first kappa shape index (κ1) is 14.1. The Morgan fingerprint density at radius 2 is 2.16 bits per heavy atom. The van der Waals surface area contributed by atoms with Crippen LogP contribution >= 0.6 is 11.3 Å². The van der Waals surface area contributed by atoms with Crippen LogP contribution in [0.5, 0.6) is 0 Å². The number of piperidine rings is 1. The molecule has 1 aliphatic rings. The molecule has 1 saturated heterocycles. The zero-order valence-electron chi connectivity index (χ0n) is 11.2. The summed E-state index contributed by atoms with van der Waals surface area (Å²) in [4.78, 5) is 26.1. The Labute approximate surface area is 117 Å². The maximum Gasteiger partial charge on any atom is 0.220 e. The molecule has 1 fully saturated rings. The van der Waals surface area contributed by atoms with E-state index < -0.39 is 0 Å². The van der Waals surface area contributed by atoms with E-state index >= 15 is 0 Å². The van der Waals surface area contributed by atoms with Crippen molar-refractivity contribution in [1.82, 2.24) is 10.2 Å². The maximum absolute atomic E-state index is 11.8. The predicted octanol–water partition coefficient (Wildman–Crippen LogP) is 1.81. The van der Waals surface area contributed by atoms with Crippen molar-refractivity contribution in [3.63, 3.8) is 0 Å². The van der Waals surface area contributed by atoms with E-state index in [4.69, 9.17) is 0 Å². The average Bonchev–Trinajstić information content (AvgIpc) is 2.90. The molecule has 4 nitrogen and oxygen atoms in total. The Balaban J connectivity index is 1.67. The fourth-order valence-corrected chi connectivity index (χ4v) is 3.04. The third-order valence-electron chi connectivity index (χ3n) is 3.48. The Morgan fingerprint density at radius 3 is 2.74 bits per heavy atom. The van der Waals surface area contributed by atoms with E-state index in [1.54, 1.807) is 18.3 Å². The van der Waals surface area contributed by atoms with Gasteiger partial charge in [-0.25, -0.2) is 0 Å². The molecule has 0 bridgehead atoms. The van der Waals surface area contributed by atoms with Crippen LogP contribution in [0.2, 0.25) is 0 Å². The van der Waals surface area contributed by atoms with Gasteiger partial charge >= 0.3 is 0 Å². The second kappa shape index (κ2) is 6.70. The third kappa shape index (κ3) is 4.35. The average molecular weight is 280 g/mol. The largest absolute Gasteiger partial charge is 0.353 e. The van der Waals surface area contributed by atoms with E-state index in [0.717, 1.165) is 32.4 Å². The summed E-state index contributed by atoms with van der Waals surface area (Å²) in [7, 11) is 0. The number of amides is 2. The summed E-state index contributed by atoms with van der Waals surface area (Å²) in [5.74, 6) is 0.247. The number of hydrogen-bond donors (Lipinski definition) is 1. The van der Waals surface area contributed by atoms with Crippen LogP contribution in [-0.2, 0) is 16.0 Å². The summed E-state index contributed by atoms with van der Waals surface area (Å²) in [6, 6.07) is 4.30. The van der Waals surface area contributed by atoms with Gasteiger partial charge in [-0.3, -0.25) is 9.59 Å². The molecule has 2 amide bonds. The van der Waals surface area contributed by atoms with Gasteiger partial charge in [0.2, 0.25) is 11.8 Å². The molecule has 0 spiro atoms. The van der Waals surface area contributed by atoms with Crippen LogP contribution < -0.4 is 5.32 Å². The molecule has 1 aliphatic heterocycles. The Morgan fingerprint density at radius 1 is 1.42 bits per heavy atom. The highest BCUT2D eigenvalue weighted by molar-refractivity contribution is 7.09.